The fourth-order valence-corrected chi connectivity index (χ4v) is 9.19. The van der Waals surface area contributed by atoms with Crippen LogP contribution in [-0.2, 0) is 33.5 Å². The second-order valence-electron chi connectivity index (χ2n) is 15.7. The Hall–Kier alpha value is -7.08. The molecule has 2 heterocycles. The van der Waals surface area contributed by atoms with E-state index in [1.165, 1.54) is 60.7 Å². The van der Waals surface area contributed by atoms with E-state index in [2.05, 4.69) is 0 Å². The number of halogens is 4. The van der Waals surface area contributed by atoms with Crippen molar-refractivity contribution < 1.29 is 47.0 Å². The van der Waals surface area contributed by atoms with Crippen LogP contribution in [0.1, 0.15) is 78.8 Å². The number of carboxylic acids is 2. The number of fused-ring (bicyclic) bond motifs is 4. The number of carboxylic acid groups (broad SMARTS) is 2. The molecule has 2 aliphatic carbocycles. The zero-order chi connectivity index (χ0) is 42.1. The van der Waals surface area contributed by atoms with Crippen LogP contribution in [-0.4, -0.2) is 34.0 Å². The number of aromatic carboxylic acids is 2. The first-order chi connectivity index (χ1) is 28.8. The van der Waals surface area contributed by atoms with Gasteiger partial charge in [-0.15, -0.1) is 0 Å². The predicted molar refractivity (Wildman–Crippen MR) is 213 cm³/mol. The molecule has 2 aliphatic heterocycles. The quantitative estimate of drug-likeness (QED) is 0.148. The Labute approximate surface area is 340 Å². The Morgan fingerprint density at radius 1 is 0.517 bits per heavy atom. The Bertz CT molecular complexity index is 2570. The average molecular weight is 811 g/mol. The number of amides is 2. The minimum atomic E-state index is -1.07. The number of rotatable bonds is 8. The van der Waals surface area contributed by atoms with Gasteiger partial charge in [-0.2, -0.15) is 0 Å². The summed E-state index contributed by atoms with van der Waals surface area (Å²) in [6.07, 6.45) is 1.04. The van der Waals surface area contributed by atoms with Crippen LogP contribution in [0.25, 0.3) is 0 Å². The number of hydrogen-bond acceptors (Lipinski definition) is 4. The molecule has 4 atom stereocenters. The topological polar surface area (TPSA) is 115 Å². The number of benzene rings is 6. The van der Waals surface area contributed by atoms with Crippen LogP contribution in [0, 0.1) is 23.3 Å². The van der Waals surface area contributed by atoms with Gasteiger partial charge in [-0.1, -0.05) is 48.5 Å². The van der Waals surface area contributed by atoms with Crippen LogP contribution in [0.3, 0.4) is 0 Å². The molecule has 2 N–H and O–H groups in total. The molecule has 300 valence electrons. The van der Waals surface area contributed by atoms with Crippen LogP contribution in [0.5, 0.6) is 0 Å². The van der Waals surface area contributed by atoms with Crippen molar-refractivity contribution in [2.24, 2.45) is 0 Å². The third-order valence-electron chi connectivity index (χ3n) is 12.2. The van der Waals surface area contributed by atoms with Crippen molar-refractivity contribution in [3.8, 4) is 0 Å². The summed E-state index contributed by atoms with van der Waals surface area (Å²) in [6, 6.07) is 33.6. The third-order valence-corrected chi connectivity index (χ3v) is 12.2. The molecule has 2 spiro atoms. The van der Waals surface area contributed by atoms with E-state index in [1.807, 2.05) is 0 Å². The number of nitrogens with zero attached hydrogens (tertiary/aromatic N) is 2. The van der Waals surface area contributed by atoms with Gasteiger partial charge in [0.15, 0.2) is 0 Å². The maximum Gasteiger partial charge on any atom is 0.335 e. The second-order valence-corrected chi connectivity index (χ2v) is 15.7. The molecule has 0 radical (unpaired) electrons. The number of hydrogen-bond donors (Lipinski definition) is 2. The molecule has 12 heteroatoms. The molecule has 6 aromatic rings. The highest BCUT2D eigenvalue weighted by Crippen LogP contribution is 2.67. The summed E-state index contributed by atoms with van der Waals surface area (Å²) in [5.74, 6) is -4.21. The molecule has 8 nitrogen and oxygen atoms in total. The van der Waals surface area contributed by atoms with Gasteiger partial charge in [-0.25, -0.2) is 27.2 Å². The summed E-state index contributed by atoms with van der Waals surface area (Å²) in [5.41, 5.74) is 4.05. The van der Waals surface area contributed by atoms with Gasteiger partial charge < -0.3 is 20.0 Å². The SMILES string of the molecule is O=C(O)c1ccc2c(c1)[C@@]1(C[C@@H]1c1ccc(F)cc1)C(=O)N2Cc1cccc(F)c1.O=C(O)c1ccc2c(c1)[C@]1(C[C@H]1c1ccc(F)cc1)C(=O)N2Cc1cccc(F)c1. The van der Waals surface area contributed by atoms with E-state index in [1.54, 1.807) is 82.6 Å². The van der Waals surface area contributed by atoms with Crippen molar-refractivity contribution in [2.75, 3.05) is 9.80 Å². The van der Waals surface area contributed by atoms with E-state index in [0.29, 0.717) is 46.5 Å². The summed E-state index contributed by atoms with van der Waals surface area (Å²) in [4.78, 5) is 53.4. The number of anilines is 2. The summed E-state index contributed by atoms with van der Waals surface area (Å²) < 4.78 is 54.0. The van der Waals surface area contributed by atoms with Gasteiger partial charge in [-0.3, -0.25) is 9.59 Å². The molecule has 2 amide bonds. The van der Waals surface area contributed by atoms with Gasteiger partial charge in [0, 0.05) is 23.2 Å². The van der Waals surface area contributed by atoms with E-state index in [0.717, 1.165) is 11.1 Å². The highest BCUT2D eigenvalue weighted by Gasteiger charge is 2.68. The van der Waals surface area contributed by atoms with Crippen LogP contribution >= 0.6 is 0 Å². The van der Waals surface area contributed by atoms with E-state index in [9.17, 15) is 47.0 Å². The lowest BCUT2D eigenvalue weighted by atomic mass is 9.91. The smallest absolute Gasteiger partial charge is 0.335 e. The van der Waals surface area contributed by atoms with Crippen molar-refractivity contribution in [1.82, 2.24) is 0 Å². The molecular formula is C48H34F4N2O6. The largest absolute Gasteiger partial charge is 0.478 e. The molecule has 10 rings (SSSR count). The molecule has 0 unspecified atom stereocenters. The molecule has 6 aromatic carbocycles. The minimum absolute atomic E-state index is 0.110. The van der Waals surface area contributed by atoms with Gasteiger partial charge in [0.25, 0.3) is 0 Å². The first kappa shape index (κ1) is 38.4. The summed E-state index contributed by atoms with van der Waals surface area (Å²) in [5, 5.41) is 18.9. The molecule has 60 heavy (non-hydrogen) atoms. The Morgan fingerprint density at radius 2 is 0.900 bits per heavy atom. The zero-order valence-electron chi connectivity index (χ0n) is 31.6. The maximum atomic E-state index is 13.7. The lowest BCUT2D eigenvalue weighted by Crippen LogP contribution is -2.32. The van der Waals surface area contributed by atoms with E-state index >= 15 is 0 Å². The van der Waals surface area contributed by atoms with E-state index < -0.39 is 22.8 Å². The third kappa shape index (κ3) is 6.39. The van der Waals surface area contributed by atoms with Crippen LogP contribution in [0.4, 0.5) is 28.9 Å². The van der Waals surface area contributed by atoms with Crippen molar-refractivity contribution in [3.05, 3.63) is 201 Å². The van der Waals surface area contributed by atoms with Gasteiger partial charge in [0.1, 0.15) is 23.3 Å². The summed E-state index contributed by atoms with van der Waals surface area (Å²) >= 11 is 0. The van der Waals surface area contributed by atoms with Gasteiger partial charge in [-0.05, 0) is 131 Å². The first-order valence-corrected chi connectivity index (χ1v) is 19.2. The maximum absolute atomic E-state index is 13.7. The highest BCUT2D eigenvalue weighted by atomic mass is 19.1. The van der Waals surface area contributed by atoms with Crippen molar-refractivity contribution in [3.63, 3.8) is 0 Å². The Kier molecular flexibility index (Phi) is 9.18. The van der Waals surface area contributed by atoms with Gasteiger partial charge in [0.2, 0.25) is 11.8 Å². The highest BCUT2D eigenvalue weighted by molar-refractivity contribution is 6.13. The van der Waals surface area contributed by atoms with E-state index in [4.69, 9.17) is 0 Å². The molecule has 0 saturated heterocycles. The monoisotopic (exact) mass is 810 g/mol. The van der Waals surface area contributed by atoms with Crippen molar-refractivity contribution >= 4 is 35.1 Å². The van der Waals surface area contributed by atoms with Gasteiger partial charge in [0.05, 0.1) is 35.0 Å². The molecular weight excluding hydrogens is 777 g/mol. The van der Waals surface area contributed by atoms with Crippen LogP contribution in [0.15, 0.2) is 133 Å². The fraction of sp³-hybridized carbons (Fsp3) is 0.167. The molecule has 2 fully saturated rings. The fourth-order valence-electron chi connectivity index (χ4n) is 9.19. The lowest BCUT2D eigenvalue weighted by molar-refractivity contribution is -0.121. The van der Waals surface area contributed by atoms with E-state index in [-0.39, 0.29) is 71.1 Å². The van der Waals surface area contributed by atoms with Crippen LogP contribution in [0.2, 0.25) is 0 Å². The van der Waals surface area contributed by atoms with Gasteiger partial charge >= 0.3 is 11.9 Å². The number of carbonyl (C=O) groups excluding carboxylic acids is 2. The molecule has 2 saturated carbocycles. The summed E-state index contributed by atoms with van der Waals surface area (Å²) in [6.45, 7) is 0.377. The summed E-state index contributed by atoms with van der Waals surface area (Å²) in [7, 11) is 0. The molecule has 4 aliphatic rings. The van der Waals surface area contributed by atoms with Crippen LogP contribution < -0.4 is 9.80 Å². The second kappa shape index (κ2) is 14.3. The average Bonchev–Trinajstić information content (AvgIpc) is 4.14. The van der Waals surface area contributed by atoms with Crippen molar-refractivity contribution in [1.29, 1.82) is 0 Å². The molecule has 0 aromatic heterocycles. The van der Waals surface area contributed by atoms with Crippen molar-refractivity contribution in [2.45, 2.75) is 48.6 Å². The zero-order valence-corrected chi connectivity index (χ0v) is 31.6. The minimum Gasteiger partial charge on any atom is -0.478 e. The lowest BCUT2D eigenvalue weighted by Gasteiger charge is -2.18. The Balaban J connectivity index is 0.000000154. The number of carbonyl (C=O) groups is 4. The molecule has 0 bridgehead atoms. The standard InChI is InChI=1S/2C24H17F2NO3/c2*25-17-7-4-15(5-8-17)20-12-24(20)19-11-16(22(28)29)6-9-21(19)27(23(24)30)13-14-2-1-3-18(26)10-14/h2*1-11,20H,12-13H2,(H,28,29)/t2*20-,24-/m10/s1. The normalized spacial score (nSPS) is 21.7. The Morgan fingerprint density at radius 3 is 1.25 bits per heavy atom. The predicted octanol–water partition coefficient (Wildman–Crippen LogP) is 9.27. The first-order valence-electron chi connectivity index (χ1n) is 19.2.